The fourth-order valence-corrected chi connectivity index (χ4v) is 3.61. The molecule has 1 aromatic carbocycles. The number of ether oxygens (including phenoxy) is 2. The minimum Gasteiger partial charge on any atom is -0.489 e. The summed E-state index contributed by atoms with van der Waals surface area (Å²) in [5, 5.41) is 0. The maximum atomic E-state index is 14.4. The molecular formula is C20H27FO2. The molecule has 2 saturated carbocycles. The van der Waals surface area contributed by atoms with Crippen molar-refractivity contribution in [1.29, 1.82) is 0 Å². The molecule has 0 aliphatic heterocycles. The minimum atomic E-state index is -0.283. The monoisotopic (exact) mass is 318 g/mol. The lowest BCUT2D eigenvalue weighted by molar-refractivity contribution is 0.199. The highest BCUT2D eigenvalue weighted by Crippen LogP contribution is 2.31. The van der Waals surface area contributed by atoms with Crippen LogP contribution in [0.4, 0.5) is 4.39 Å². The number of rotatable bonds is 6. The van der Waals surface area contributed by atoms with Crippen LogP contribution in [0.5, 0.6) is 11.5 Å². The van der Waals surface area contributed by atoms with Gasteiger partial charge in [-0.05, 0) is 63.5 Å². The van der Waals surface area contributed by atoms with Crippen LogP contribution in [0.15, 0.2) is 24.3 Å². The van der Waals surface area contributed by atoms with Gasteiger partial charge in [-0.3, -0.25) is 0 Å². The molecule has 2 nitrogen and oxygen atoms in total. The van der Waals surface area contributed by atoms with Gasteiger partial charge in [-0.25, -0.2) is 4.39 Å². The average Bonchev–Trinajstić information content (AvgIpc) is 3.24. The maximum absolute atomic E-state index is 14.4. The van der Waals surface area contributed by atoms with Crippen molar-refractivity contribution in [2.24, 2.45) is 5.92 Å². The van der Waals surface area contributed by atoms with Crippen LogP contribution in [-0.4, -0.2) is 12.7 Å². The van der Waals surface area contributed by atoms with E-state index in [1.54, 1.807) is 13.0 Å². The average molecular weight is 318 g/mol. The molecule has 0 bridgehead atoms. The van der Waals surface area contributed by atoms with Crippen molar-refractivity contribution in [2.75, 3.05) is 6.61 Å². The summed E-state index contributed by atoms with van der Waals surface area (Å²) in [6.07, 6.45) is 14.2. The van der Waals surface area contributed by atoms with Gasteiger partial charge >= 0.3 is 0 Å². The normalized spacial score (nSPS) is 19.7. The Morgan fingerprint density at radius 1 is 1.04 bits per heavy atom. The SMILES string of the molecule is Cc1c(OC/C=C/C2CCCC2)ccc(OC2CCCC2)c1F. The van der Waals surface area contributed by atoms with Crippen LogP contribution >= 0.6 is 0 Å². The van der Waals surface area contributed by atoms with Crippen molar-refractivity contribution in [2.45, 2.75) is 64.4 Å². The molecule has 23 heavy (non-hydrogen) atoms. The highest BCUT2D eigenvalue weighted by molar-refractivity contribution is 5.41. The molecule has 2 fully saturated rings. The highest BCUT2D eigenvalue weighted by atomic mass is 19.1. The lowest BCUT2D eigenvalue weighted by Gasteiger charge is -2.16. The van der Waals surface area contributed by atoms with Crippen molar-refractivity contribution in [3.05, 3.63) is 35.7 Å². The van der Waals surface area contributed by atoms with Gasteiger partial charge < -0.3 is 9.47 Å². The van der Waals surface area contributed by atoms with E-state index in [0.717, 1.165) is 12.8 Å². The molecule has 0 unspecified atom stereocenters. The molecule has 0 amide bonds. The summed E-state index contributed by atoms with van der Waals surface area (Å²) >= 11 is 0. The third-order valence-electron chi connectivity index (χ3n) is 5.04. The van der Waals surface area contributed by atoms with Gasteiger partial charge in [0.15, 0.2) is 11.6 Å². The summed E-state index contributed by atoms with van der Waals surface area (Å²) < 4.78 is 26.0. The summed E-state index contributed by atoms with van der Waals surface area (Å²) in [5.41, 5.74) is 0.537. The van der Waals surface area contributed by atoms with Crippen LogP contribution in [0.3, 0.4) is 0 Å². The molecule has 0 atom stereocenters. The first-order chi connectivity index (χ1) is 11.2. The summed E-state index contributed by atoms with van der Waals surface area (Å²) in [4.78, 5) is 0. The molecule has 2 aliphatic rings. The first-order valence-electron chi connectivity index (χ1n) is 8.99. The summed E-state index contributed by atoms with van der Waals surface area (Å²) in [6, 6.07) is 3.53. The summed E-state index contributed by atoms with van der Waals surface area (Å²) in [5.74, 6) is 1.40. The minimum absolute atomic E-state index is 0.171. The quantitative estimate of drug-likeness (QED) is 0.637. The Hall–Kier alpha value is -1.51. The maximum Gasteiger partial charge on any atom is 0.171 e. The molecule has 126 valence electrons. The van der Waals surface area contributed by atoms with Crippen LogP contribution in [0, 0.1) is 18.7 Å². The van der Waals surface area contributed by atoms with E-state index in [4.69, 9.17) is 9.47 Å². The second-order valence-corrected chi connectivity index (χ2v) is 6.81. The Kier molecular flexibility index (Phi) is 5.58. The first kappa shape index (κ1) is 16.4. The van der Waals surface area contributed by atoms with Gasteiger partial charge in [0, 0.05) is 5.56 Å². The Labute approximate surface area is 138 Å². The fourth-order valence-electron chi connectivity index (χ4n) is 3.61. The van der Waals surface area contributed by atoms with E-state index in [9.17, 15) is 4.39 Å². The van der Waals surface area contributed by atoms with Crippen LogP contribution in [0.25, 0.3) is 0 Å². The van der Waals surface area contributed by atoms with E-state index >= 15 is 0 Å². The largest absolute Gasteiger partial charge is 0.489 e. The topological polar surface area (TPSA) is 18.5 Å². The van der Waals surface area contributed by atoms with Gasteiger partial charge in [0.1, 0.15) is 12.4 Å². The Bertz CT molecular complexity index is 541. The third kappa shape index (κ3) is 4.27. The number of benzene rings is 1. The molecule has 0 spiro atoms. The van der Waals surface area contributed by atoms with Gasteiger partial charge in [0.05, 0.1) is 6.10 Å². The van der Waals surface area contributed by atoms with E-state index in [0.29, 0.717) is 29.6 Å². The Morgan fingerprint density at radius 2 is 1.70 bits per heavy atom. The Morgan fingerprint density at radius 3 is 2.43 bits per heavy atom. The van der Waals surface area contributed by atoms with E-state index in [1.807, 2.05) is 6.07 Å². The van der Waals surface area contributed by atoms with E-state index in [1.165, 1.54) is 38.5 Å². The highest BCUT2D eigenvalue weighted by Gasteiger charge is 2.20. The zero-order valence-corrected chi connectivity index (χ0v) is 14.0. The molecule has 3 heteroatoms. The molecule has 0 heterocycles. The fraction of sp³-hybridized carbons (Fsp3) is 0.600. The van der Waals surface area contributed by atoms with Crippen LogP contribution in [0.2, 0.25) is 0 Å². The van der Waals surface area contributed by atoms with Crippen molar-refractivity contribution in [3.8, 4) is 11.5 Å². The van der Waals surface area contributed by atoms with Crippen molar-refractivity contribution >= 4 is 0 Å². The molecule has 2 aliphatic carbocycles. The summed E-state index contributed by atoms with van der Waals surface area (Å²) in [7, 11) is 0. The molecule has 0 radical (unpaired) electrons. The standard InChI is InChI=1S/C20H27FO2/c1-15-18(22-14-6-9-16-7-2-3-8-16)12-13-19(20(15)21)23-17-10-4-5-11-17/h6,9,12-13,16-17H,2-5,7-8,10-11,14H2,1H3/b9-6+. The Balaban J connectivity index is 1.55. The number of halogens is 1. The lowest BCUT2D eigenvalue weighted by Crippen LogP contribution is -2.12. The van der Waals surface area contributed by atoms with Crippen molar-refractivity contribution in [1.82, 2.24) is 0 Å². The number of hydrogen-bond donors (Lipinski definition) is 0. The van der Waals surface area contributed by atoms with Gasteiger partial charge in [-0.15, -0.1) is 0 Å². The predicted octanol–water partition coefficient (Wildman–Crippen LogP) is 5.58. The van der Waals surface area contributed by atoms with Gasteiger partial charge in [-0.1, -0.05) is 25.0 Å². The molecular weight excluding hydrogens is 291 g/mol. The van der Waals surface area contributed by atoms with E-state index < -0.39 is 0 Å². The van der Waals surface area contributed by atoms with Crippen molar-refractivity contribution < 1.29 is 13.9 Å². The van der Waals surface area contributed by atoms with Gasteiger partial charge in [0.2, 0.25) is 0 Å². The van der Waals surface area contributed by atoms with Crippen molar-refractivity contribution in [3.63, 3.8) is 0 Å². The zero-order chi connectivity index (χ0) is 16.1. The molecule has 0 aromatic heterocycles. The van der Waals surface area contributed by atoms with Crippen LogP contribution in [0.1, 0.15) is 56.9 Å². The first-order valence-corrected chi connectivity index (χ1v) is 8.99. The smallest absolute Gasteiger partial charge is 0.171 e. The second-order valence-electron chi connectivity index (χ2n) is 6.81. The van der Waals surface area contributed by atoms with Crippen LogP contribution < -0.4 is 9.47 Å². The van der Waals surface area contributed by atoms with Crippen LogP contribution in [-0.2, 0) is 0 Å². The molecule has 3 rings (SSSR count). The molecule has 1 aromatic rings. The zero-order valence-electron chi connectivity index (χ0n) is 14.0. The summed E-state index contributed by atoms with van der Waals surface area (Å²) in [6.45, 7) is 2.26. The second kappa shape index (κ2) is 7.85. The lowest BCUT2D eigenvalue weighted by atomic mass is 10.1. The number of hydrogen-bond acceptors (Lipinski definition) is 2. The van der Waals surface area contributed by atoms with E-state index in [-0.39, 0.29) is 11.9 Å². The predicted molar refractivity (Wildman–Crippen MR) is 90.6 cm³/mol. The third-order valence-corrected chi connectivity index (χ3v) is 5.04. The molecule has 0 N–H and O–H groups in total. The van der Waals surface area contributed by atoms with E-state index in [2.05, 4.69) is 12.2 Å². The van der Waals surface area contributed by atoms with Gasteiger partial charge in [0.25, 0.3) is 0 Å². The van der Waals surface area contributed by atoms with Gasteiger partial charge in [-0.2, -0.15) is 0 Å². The molecule has 0 saturated heterocycles. The number of allylic oxidation sites excluding steroid dienone is 1.